The van der Waals surface area contributed by atoms with E-state index in [4.69, 9.17) is 19.0 Å². The van der Waals surface area contributed by atoms with Gasteiger partial charge in [0.1, 0.15) is 30.4 Å². The van der Waals surface area contributed by atoms with Crippen molar-refractivity contribution in [2.45, 2.75) is 24.6 Å². The zero-order valence-corrected chi connectivity index (χ0v) is 14.9. The maximum Gasteiger partial charge on any atom is 0.229 e. The topological polar surface area (TPSA) is 130 Å². The third-order valence-corrected chi connectivity index (χ3v) is 4.78. The Bertz CT molecular complexity index is 1090. The van der Waals surface area contributed by atoms with Gasteiger partial charge >= 0.3 is 0 Å². The quantitative estimate of drug-likeness (QED) is 0.509. The average Bonchev–Trinajstić information content (AvgIpc) is 2.99. The normalized spacial score (nSPS) is 24.1. The molecule has 9 heteroatoms. The van der Waals surface area contributed by atoms with Crippen LogP contribution in [0.15, 0.2) is 51.9 Å². The van der Waals surface area contributed by atoms with Crippen LogP contribution in [0.4, 0.5) is 4.39 Å². The van der Waals surface area contributed by atoms with Crippen molar-refractivity contribution in [2.24, 2.45) is 0 Å². The molecule has 2 heterocycles. The number of halogens is 1. The van der Waals surface area contributed by atoms with Gasteiger partial charge < -0.3 is 34.3 Å². The van der Waals surface area contributed by atoms with Crippen LogP contribution < -0.4 is 10.2 Å². The number of aliphatic hydroxyl groups is 3. The second-order valence-corrected chi connectivity index (χ2v) is 6.60. The average molecular weight is 404 g/mol. The summed E-state index contributed by atoms with van der Waals surface area (Å²) >= 11 is 0. The molecule has 2 aromatic carbocycles. The SMILES string of the molecule is O=c1c(-c2ccc(F)cc2)coc2c(O)c(O[C@H]3O[C@H](CO)[C@@H](O)[C@@H]3O)ccc12. The van der Waals surface area contributed by atoms with Gasteiger partial charge in [-0.1, -0.05) is 12.1 Å². The Morgan fingerprint density at radius 2 is 1.79 bits per heavy atom. The second kappa shape index (κ2) is 7.45. The number of benzene rings is 2. The Morgan fingerprint density at radius 1 is 1.07 bits per heavy atom. The van der Waals surface area contributed by atoms with Gasteiger partial charge in [0.05, 0.1) is 17.6 Å². The molecule has 0 aliphatic carbocycles. The second-order valence-electron chi connectivity index (χ2n) is 6.60. The summed E-state index contributed by atoms with van der Waals surface area (Å²) in [7, 11) is 0. The fraction of sp³-hybridized carbons (Fsp3) is 0.250. The first-order valence-electron chi connectivity index (χ1n) is 8.73. The van der Waals surface area contributed by atoms with Crippen molar-refractivity contribution in [1.82, 2.24) is 0 Å². The molecule has 4 N–H and O–H groups in total. The van der Waals surface area contributed by atoms with E-state index in [0.29, 0.717) is 5.56 Å². The van der Waals surface area contributed by atoms with E-state index in [-0.39, 0.29) is 22.3 Å². The van der Waals surface area contributed by atoms with Crippen LogP contribution in [0.5, 0.6) is 11.5 Å². The predicted octanol–water partition coefficient (Wildman–Crippen LogP) is 1.12. The van der Waals surface area contributed by atoms with Gasteiger partial charge in [-0.25, -0.2) is 4.39 Å². The molecule has 4 atom stereocenters. The van der Waals surface area contributed by atoms with Crippen LogP contribution in [0.25, 0.3) is 22.1 Å². The summed E-state index contributed by atoms with van der Waals surface area (Å²) in [6, 6.07) is 7.96. The maximum absolute atomic E-state index is 13.1. The monoisotopic (exact) mass is 404 g/mol. The lowest BCUT2D eigenvalue weighted by Gasteiger charge is -2.18. The number of phenols is 1. The van der Waals surface area contributed by atoms with Crippen LogP contribution in [0.1, 0.15) is 0 Å². The van der Waals surface area contributed by atoms with Crippen LogP contribution in [-0.2, 0) is 4.74 Å². The first-order valence-corrected chi connectivity index (χ1v) is 8.73. The molecule has 1 aromatic heterocycles. The van der Waals surface area contributed by atoms with Crippen molar-refractivity contribution in [3.05, 3.63) is 58.7 Å². The van der Waals surface area contributed by atoms with Gasteiger partial charge in [0.25, 0.3) is 0 Å². The van der Waals surface area contributed by atoms with E-state index in [9.17, 15) is 24.5 Å². The summed E-state index contributed by atoms with van der Waals surface area (Å²) in [5, 5.41) is 39.4. The van der Waals surface area contributed by atoms with E-state index < -0.39 is 48.2 Å². The molecule has 1 fully saturated rings. The Hall–Kier alpha value is -2.98. The molecule has 8 nitrogen and oxygen atoms in total. The summed E-state index contributed by atoms with van der Waals surface area (Å²) in [6.45, 7) is -0.525. The summed E-state index contributed by atoms with van der Waals surface area (Å²) in [5.41, 5.74) is 0.0557. The maximum atomic E-state index is 13.1. The molecule has 29 heavy (non-hydrogen) atoms. The first-order chi connectivity index (χ1) is 13.9. The van der Waals surface area contributed by atoms with Crippen molar-refractivity contribution in [3.63, 3.8) is 0 Å². The number of aromatic hydroxyl groups is 1. The molecule has 0 saturated carbocycles. The fourth-order valence-corrected chi connectivity index (χ4v) is 3.18. The van der Waals surface area contributed by atoms with Gasteiger partial charge in [-0.3, -0.25) is 4.79 Å². The van der Waals surface area contributed by atoms with Crippen LogP contribution in [0, 0.1) is 5.82 Å². The van der Waals surface area contributed by atoms with E-state index in [2.05, 4.69) is 0 Å². The summed E-state index contributed by atoms with van der Waals surface area (Å²) in [5.74, 6) is -1.09. The molecular weight excluding hydrogens is 387 g/mol. The van der Waals surface area contributed by atoms with Gasteiger partial charge in [-0.05, 0) is 29.8 Å². The van der Waals surface area contributed by atoms with E-state index in [1.165, 1.54) is 36.4 Å². The van der Waals surface area contributed by atoms with E-state index >= 15 is 0 Å². The molecule has 1 aliphatic rings. The minimum Gasteiger partial charge on any atom is -0.502 e. The lowest BCUT2D eigenvalue weighted by Crippen LogP contribution is -2.35. The molecule has 0 bridgehead atoms. The smallest absolute Gasteiger partial charge is 0.229 e. The largest absolute Gasteiger partial charge is 0.502 e. The molecule has 0 amide bonds. The molecule has 0 unspecified atom stereocenters. The van der Waals surface area contributed by atoms with Crippen molar-refractivity contribution in [3.8, 4) is 22.6 Å². The van der Waals surface area contributed by atoms with Crippen molar-refractivity contribution in [2.75, 3.05) is 6.61 Å². The molecule has 0 spiro atoms. The molecule has 1 saturated heterocycles. The van der Waals surface area contributed by atoms with Gasteiger partial charge in [0.2, 0.25) is 17.5 Å². The number of aliphatic hydroxyl groups excluding tert-OH is 3. The van der Waals surface area contributed by atoms with Crippen molar-refractivity contribution in [1.29, 1.82) is 0 Å². The Morgan fingerprint density at radius 3 is 2.45 bits per heavy atom. The highest BCUT2D eigenvalue weighted by molar-refractivity contribution is 5.87. The van der Waals surface area contributed by atoms with Crippen LogP contribution in [0.2, 0.25) is 0 Å². The predicted molar refractivity (Wildman–Crippen MR) is 97.9 cm³/mol. The van der Waals surface area contributed by atoms with Crippen molar-refractivity contribution < 1.29 is 38.7 Å². The number of phenolic OH excluding ortho intramolecular Hbond substituents is 1. The highest BCUT2D eigenvalue weighted by atomic mass is 19.1. The van der Waals surface area contributed by atoms with E-state index in [1.54, 1.807) is 0 Å². The standard InChI is InChI=1S/C20H17FO8/c21-10-3-1-9(2-4-10)12-8-27-19-11(15(12)23)5-6-13(17(19)25)28-20-18(26)16(24)14(7-22)29-20/h1-6,8,14,16,18,20,22,24-26H,7H2/t14-,16-,18+,20+/m1/s1. The lowest BCUT2D eigenvalue weighted by molar-refractivity contribution is -0.117. The van der Waals surface area contributed by atoms with Crippen molar-refractivity contribution >= 4 is 11.0 Å². The lowest BCUT2D eigenvalue weighted by atomic mass is 10.1. The summed E-state index contributed by atoms with van der Waals surface area (Å²) in [6.07, 6.45) is -4.03. The number of fused-ring (bicyclic) bond motifs is 1. The van der Waals surface area contributed by atoms with Crippen LogP contribution >= 0.6 is 0 Å². The van der Waals surface area contributed by atoms with E-state index in [1.807, 2.05) is 0 Å². The number of ether oxygens (including phenoxy) is 2. The van der Waals surface area contributed by atoms with Gasteiger partial charge in [0.15, 0.2) is 11.3 Å². The fourth-order valence-electron chi connectivity index (χ4n) is 3.18. The molecule has 3 aromatic rings. The summed E-state index contributed by atoms with van der Waals surface area (Å²) < 4.78 is 29.1. The molecule has 1 aliphatic heterocycles. The molecular formula is C20H17FO8. The minimum absolute atomic E-state index is 0.0674. The highest BCUT2D eigenvalue weighted by Crippen LogP contribution is 2.36. The summed E-state index contributed by atoms with van der Waals surface area (Å²) in [4.78, 5) is 12.8. The minimum atomic E-state index is -1.45. The highest BCUT2D eigenvalue weighted by Gasteiger charge is 2.44. The van der Waals surface area contributed by atoms with Crippen LogP contribution in [0.3, 0.4) is 0 Å². The van der Waals surface area contributed by atoms with Crippen LogP contribution in [-0.4, -0.2) is 51.6 Å². The molecule has 4 rings (SSSR count). The Balaban J connectivity index is 1.69. The van der Waals surface area contributed by atoms with Gasteiger partial charge in [-0.2, -0.15) is 0 Å². The Labute approximate surface area is 163 Å². The first kappa shape index (κ1) is 19.3. The molecule has 0 radical (unpaired) electrons. The van der Waals surface area contributed by atoms with E-state index in [0.717, 1.165) is 6.26 Å². The third-order valence-electron chi connectivity index (χ3n) is 4.78. The number of hydrogen-bond donors (Lipinski definition) is 4. The third kappa shape index (κ3) is 3.34. The van der Waals surface area contributed by atoms with Gasteiger partial charge in [-0.15, -0.1) is 0 Å². The van der Waals surface area contributed by atoms with Gasteiger partial charge in [0, 0.05) is 0 Å². The zero-order valence-electron chi connectivity index (χ0n) is 14.9. The Kier molecular flexibility index (Phi) is 4.97. The zero-order chi connectivity index (χ0) is 20.7. The number of rotatable bonds is 4. The molecule has 152 valence electrons. The number of hydrogen-bond acceptors (Lipinski definition) is 8.